The van der Waals surface area contributed by atoms with E-state index in [1.54, 1.807) is 21.3 Å². The summed E-state index contributed by atoms with van der Waals surface area (Å²) < 4.78 is 35.8. The van der Waals surface area contributed by atoms with Crippen LogP contribution in [0.25, 0.3) is 0 Å². The second kappa shape index (κ2) is 11.0. The van der Waals surface area contributed by atoms with Crippen LogP contribution in [0, 0.1) is 18.8 Å². The monoisotopic (exact) mass is 506 g/mol. The summed E-state index contributed by atoms with van der Waals surface area (Å²) in [6.07, 6.45) is -0.294. The third-order valence-electron chi connectivity index (χ3n) is 7.51. The van der Waals surface area contributed by atoms with Crippen LogP contribution in [0.4, 0.5) is 0 Å². The fourth-order valence-corrected chi connectivity index (χ4v) is 5.48. The highest BCUT2D eigenvalue weighted by atomic mass is 16.5. The van der Waals surface area contributed by atoms with E-state index in [9.17, 15) is 5.11 Å². The van der Waals surface area contributed by atoms with Gasteiger partial charge >= 0.3 is 0 Å². The standard InChI is InChI=1S/C30H34O7/c1-18-22(14-31)10-20(11-25(18)32-2)28-23-16-37-29(24(23)17-36-28)21-12-26(33-3)30(27(13-21)34-4)35-15-19-8-6-5-7-9-19/h5-13,23-24,28-29,31H,14-17H2,1-4H3/t23-,24-,28?,29?/m0/s1. The van der Waals surface area contributed by atoms with Crippen molar-refractivity contribution in [2.45, 2.75) is 32.3 Å². The summed E-state index contributed by atoms with van der Waals surface area (Å²) in [4.78, 5) is 0. The Morgan fingerprint density at radius 3 is 1.86 bits per heavy atom. The maximum absolute atomic E-state index is 9.85. The zero-order chi connectivity index (χ0) is 25.9. The minimum atomic E-state index is -0.161. The molecule has 0 amide bonds. The summed E-state index contributed by atoms with van der Waals surface area (Å²) in [6.45, 7) is 3.45. The minimum Gasteiger partial charge on any atom is -0.496 e. The quantitative estimate of drug-likeness (QED) is 0.429. The van der Waals surface area contributed by atoms with Crippen molar-refractivity contribution in [1.82, 2.24) is 0 Å². The van der Waals surface area contributed by atoms with Crippen molar-refractivity contribution in [3.05, 3.63) is 82.4 Å². The molecule has 2 fully saturated rings. The van der Waals surface area contributed by atoms with Gasteiger partial charge in [0.2, 0.25) is 5.75 Å². The van der Waals surface area contributed by atoms with Gasteiger partial charge in [0.1, 0.15) is 12.4 Å². The molecule has 1 N–H and O–H groups in total. The zero-order valence-corrected chi connectivity index (χ0v) is 21.7. The number of aliphatic hydroxyl groups is 1. The molecule has 0 spiro atoms. The van der Waals surface area contributed by atoms with Crippen molar-refractivity contribution in [3.8, 4) is 23.0 Å². The van der Waals surface area contributed by atoms with E-state index in [-0.39, 0.29) is 30.7 Å². The highest BCUT2D eigenvalue weighted by Gasteiger charge is 2.48. The van der Waals surface area contributed by atoms with Crippen molar-refractivity contribution in [1.29, 1.82) is 0 Å². The first-order valence-electron chi connectivity index (χ1n) is 12.5. The van der Waals surface area contributed by atoms with Crippen LogP contribution in [0.3, 0.4) is 0 Å². The molecule has 0 bridgehead atoms. The SMILES string of the molecule is COc1cc(C2OC[C@@H]3C(c4cc(OC)c(OCc5ccccc5)c(OC)c4)OC[C@H]23)cc(CO)c1C. The lowest BCUT2D eigenvalue weighted by Crippen LogP contribution is -2.15. The Balaban J connectivity index is 1.39. The molecule has 7 heteroatoms. The second-order valence-electron chi connectivity index (χ2n) is 9.53. The normalized spacial score (nSPS) is 22.5. The van der Waals surface area contributed by atoms with Crippen molar-refractivity contribution < 1.29 is 33.5 Å². The second-order valence-corrected chi connectivity index (χ2v) is 9.53. The van der Waals surface area contributed by atoms with Crippen molar-refractivity contribution in [3.63, 3.8) is 0 Å². The van der Waals surface area contributed by atoms with Crippen LogP contribution in [0.15, 0.2) is 54.6 Å². The van der Waals surface area contributed by atoms with Gasteiger partial charge in [0.05, 0.1) is 53.4 Å². The van der Waals surface area contributed by atoms with Crippen LogP contribution in [-0.4, -0.2) is 39.6 Å². The minimum absolute atomic E-state index is 0.0474. The van der Waals surface area contributed by atoms with Gasteiger partial charge in [0.15, 0.2) is 11.5 Å². The van der Waals surface area contributed by atoms with Gasteiger partial charge in [-0.25, -0.2) is 0 Å². The molecule has 0 radical (unpaired) electrons. The molecule has 7 nitrogen and oxygen atoms in total. The molecular formula is C30H34O7. The van der Waals surface area contributed by atoms with Crippen LogP contribution in [0.5, 0.6) is 23.0 Å². The summed E-state index contributed by atoms with van der Waals surface area (Å²) in [6, 6.07) is 18.0. The van der Waals surface area contributed by atoms with Gasteiger partial charge in [-0.2, -0.15) is 0 Å². The molecule has 5 rings (SSSR count). The van der Waals surface area contributed by atoms with Crippen LogP contribution in [0.2, 0.25) is 0 Å². The summed E-state index contributed by atoms with van der Waals surface area (Å²) in [5.41, 5.74) is 4.82. The van der Waals surface area contributed by atoms with Crippen molar-refractivity contribution >= 4 is 0 Å². The largest absolute Gasteiger partial charge is 0.496 e. The average Bonchev–Trinajstić information content (AvgIpc) is 3.55. The molecular weight excluding hydrogens is 472 g/mol. The number of aliphatic hydroxyl groups excluding tert-OH is 1. The fraction of sp³-hybridized carbons (Fsp3) is 0.400. The van der Waals surface area contributed by atoms with Crippen LogP contribution in [-0.2, 0) is 22.7 Å². The number of benzene rings is 3. The smallest absolute Gasteiger partial charge is 0.203 e. The molecule has 2 heterocycles. The number of ether oxygens (including phenoxy) is 6. The Labute approximate surface area is 217 Å². The van der Waals surface area contributed by atoms with E-state index in [4.69, 9.17) is 28.4 Å². The van der Waals surface area contributed by atoms with E-state index < -0.39 is 0 Å². The molecule has 2 saturated heterocycles. The predicted octanol–water partition coefficient (Wildman–Crippen LogP) is 5.17. The molecule has 3 aromatic rings. The zero-order valence-electron chi connectivity index (χ0n) is 21.7. The Kier molecular flexibility index (Phi) is 7.55. The molecule has 4 atom stereocenters. The highest BCUT2D eigenvalue weighted by Crippen LogP contribution is 2.52. The van der Waals surface area contributed by atoms with E-state index in [1.165, 1.54) is 0 Å². The summed E-state index contributed by atoms with van der Waals surface area (Å²) in [5.74, 6) is 2.86. The maximum Gasteiger partial charge on any atom is 0.203 e. The Morgan fingerprint density at radius 2 is 1.32 bits per heavy atom. The van der Waals surface area contributed by atoms with Crippen LogP contribution >= 0.6 is 0 Å². The molecule has 2 aliphatic heterocycles. The van der Waals surface area contributed by atoms with Gasteiger partial charge in [0, 0.05) is 11.8 Å². The van der Waals surface area contributed by atoms with Gasteiger partial charge in [-0.1, -0.05) is 36.4 Å². The molecule has 2 unspecified atom stereocenters. The number of hydrogen-bond acceptors (Lipinski definition) is 7. The summed E-state index contributed by atoms with van der Waals surface area (Å²) in [7, 11) is 4.91. The molecule has 196 valence electrons. The average molecular weight is 507 g/mol. The molecule has 0 saturated carbocycles. The summed E-state index contributed by atoms with van der Waals surface area (Å²) in [5, 5.41) is 9.85. The lowest BCUT2D eigenvalue weighted by molar-refractivity contribution is 0.0190. The summed E-state index contributed by atoms with van der Waals surface area (Å²) >= 11 is 0. The fourth-order valence-electron chi connectivity index (χ4n) is 5.48. The first kappa shape index (κ1) is 25.4. The number of hydrogen-bond donors (Lipinski definition) is 1. The number of fused-ring (bicyclic) bond motifs is 1. The Hall–Kier alpha value is -3.26. The van der Waals surface area contributed by atoms with Gasteiger partial charge in [-0.15, -0.1) is 0 Å². The molecule has 37 heavy (non-hydrogen) atoms. The van der Waals surface area contributed by atoms with Crippen molar-refractivity contribution in [2.75, 3.05) is 34.5 Å². The first-order chi connectivity index (χ1) is 18.1. The Morgan fingerprint density at radius 1 is 0.784 bits per heavy atom. The van der Waals surface area contributed by atoms with E-state index in [2.05, 4.69) is 0 Å². The van der Waals surface area contributed by atoms with Gasteiger partial charge in [-0.05, 0) is 52.9 Å². The lowest BCUT2D eigenvalue weighted by Gasteiger charge is -2.21. The van der Waals surface area contributed by atoms with Crippen LogP contribution < -0.4 is 18.9 Å². The van der Waals surface area contributed by atoms with E-state index in [1.807, 2.05) is 61.5 Å². The van der Waals surface area contributed by atoms with E-state index >= 15 is 0 Å². The van der Waals surface area contributed by atoms with Gasteiger partial charge in [-0.3, -0.25) is 0 Å². The maximum atomic E-state index is 9.85. The Bertz CT molecular complexity index is 1180. The predicted molar refractivity (Wildman–Crippen MR) is 138 cm³/mol. The first-order valence-corrected chi connectivity index (χ1v) is 12.5. The molecule has 0 aliphatic carbocycles. The highest BCUT2D eigenvalue weighted by molar-refractivity contribution is 5.54. The third kappa shape index (κ3) is 4.87. The van der Waals surface area contributed by atoms with Crippen molar-refractivity contribution in [2.24, 2.45) is 11.8 Å². The van der Waals surface area contributed by atoms with Gasteiger partial charge in [0.25, 0.3) is 0 Å². The topological polar surface area (TPSA) is 75.6 Å². The van der Waals surface area contributed by atoms with E-state index in [0.29, 0.717) is 37.1 Å². The molecule has 3 aromatic carbocycles. The number of rotatable bonds is 9. The molecule has 2 aliphatic rings. The number of methoxy groups -OCH3 is 3. The molecule has 0 aromatic heterocycles. The third-order valence-corrected chi connectivity index (χ3v) is 7.51. The van der Waals surface area contributed by atoms with E-state index in [0.717, 1.165) is 33.6 Å². The lowest BCUT2D eigenvalue weighted by atomic mass is 9.84. The van der Waals surface area contributed by atoms with Crippen LogP contribution in [0.1, 0.15) is 40.0 Å². The van der Waals surface area contributed by atoms with Gasteiger partial charge < -0.3 is 33.5 Å².